The van der Waals surface area contributed by atoms with Crippen LogP contribution in [0.25, 0.3) is 0 Å². The van der Waals surface area contributed by atoms with Gasteiger partial charge in [-0.1, -0.05) is 40.5 Å². The largest absolute Gasteiger partial charge is 0.312 e. The number of likely N-dealkylation sites (tertiary alicyclic amines) is 1. The normalized spacial score (nSPS) is 34.7. The molecular weight excluding hydrogens is 256 g/mol. The molecule has 4 atom stereocenters. The van der Waals surface area contributed by atoms with Gasteiger partial charge in [-0.15, -0.1) is 0 Å². The fraction of sp³-hybridized carbons (Fsp3) is 1.00. The molecule has 0 spiro atoms. The second-order valence-corrected chi connectivity index (χ2v) is 7.88. The van der Waals surface area contributed by atoms with Crippen LogP contribution in [0.15, 0.2) is 0 Å². The van der Waals surface area contributed by atoms with Crippen LogP contribution in [0, 0.1) is 17.8 Å². The minimum Gasteiger partial charge on any atom is -0.312 e. The van der Waals surface area contributed by atoms with Crippen LogP contribution < -0.4 is 5.32 Å². The van der Waals surface area contributed by atoms with Crippen molar-refractivity contribution in [3.63, 3.8) is 0 Å². The molecule has 1 aliphatic carbocycles. The topological polar surface area (TPSA) is 15.3 Å². The van der Waals surface area contributed by atoms with Crippen LogP contribution in [0.5, 0.6) is 0 Å². The van der Waals surface area contributed by atoms with Crippen molar-refractivity contribution >= 4 is 0 Å². The monoisotopic (exact) mass is 294 g/mol. The highest BCUT2D eigenvalue weighted by molar-refractivity contribution is 4.94. The highest BCUT2D eigenvalue weighted by Crippen LogP contribution is 2.35. The van der Waals surface area contributed by atoms with Crippen LogP contribution in [0.2, 0.25) is 0 Å². The zero-order chi connectivity index (χ0) is 15.2. The van der Waals surface area contributed by atoms with Crippen molar-refractivity contribution in [1.82, 2.24) is 10.2 Å². The molecule has 4 unspecified atom stereocenters. The number of hydrogen-bond acceptors (Lipinski definition) is 2. The SMILES string of the molecule is CCCNC1CCC(CCC)CC1N1CCC(C(C)C)C1. The molecule has 1 saturated heterocycles. The van der Waals surface area contributed by atoms with E-state index in [0.717, 1.165) is 29.8 Å². The van der Waals surface area contributed by atoms with Gasteiger partial charge in [-0.2, -0.15) is 0 Å². The first-order valence-electron chi connectivity index (χ1n) is 9.63. The van der Waals surface area contributed by atoms with E-state index in [2.05, 4.69) is 37.9 Å². The molecule has 0 radical (unpaired) electrons. The first-order chi connectivity index (χ1) is 10.2. The van der Waals surface area contributed by atoms with E-state index in [0.29, 0.717) is 0 Å². The summed E-state index contributed by atoms with van der Waals surface area (Å²) < 4.78 is 0. The average Bonchev–Trinajstić information content (AvgIpc) is 2.96. The van der Waals surface area contributed by atoms with Gasteiger partial charge < -0.3 is 5.32 Å². The van der Waals surface area contributed by atoms with Crippen LogP contribution in [-0.2, 0) is 0 Å². The Hall–Kier alpha value is -0.0800. The summed E-state index contributed by atoms with van der Waals surface area (Å²) in [5.41, 5.74) is 0. The summed E-state index contributed by atoms with van der Waals surface area (Å²) in [6.07, 6.45) is 9.78. The van der Waals surface area contributed by atoms with Crippen molar-refractivity contribution in [3.8, 4) is 0 Å². The standard InChI is InChI=1S/C19H38N2/c1-5-7-16-8-9-18(20-11-6-2)19(13-16)21-12-10-17(14-21)15(3)4/h15-20H,5-14H2,1-4H3. The predicted molar refractivity (Wildman–Crippen MR) is 92.6 cm³/mol. The molecular formula is C19H38N2. The lowest BCUT2D eigenvalue weighted by Gasteiger charge is -2.42. The summed E-state index contributed by atoms with van der Waals surface area (Å²) >= 11 is 0. The van der Waals surface area contributed by atoms with E-state index in [1.165, 1.54) is 64.6 Å². The minimum atomic E-state index is 0.754. The molecule has 2 aliphatic rings. The van der Waals surface area contributed by atoms with E-state index in [1.807, 2.05) is 0 Å². The molecule has 124 valence electrons. The van der Waals surface area contributed by atoms with Crippen molar-refractivity contribution in [2.75, 3.05) is 19.6 Å². The Morgan fingerprint density at radius 3 is 2.52 bits per heavy atom. The second-order valence-electron chi connectivity index (χ2n) is 7.88. The molecule has 0 amide bonds. The van der Waals surface area contributed by atoms with Crippen LogP contribution in [0.4, 0.5) is 0 Å². The Morgan fingerprint density at radius 2 is 1.90 bits per heavy atom. The summed E-state index contributed by atoms with van der Waals surface area (Å²) in [5.74, 6) is 2.77. The van der Waals surface area contributed by atoms with Gasteiger partial charge in [-0.25, -0.2) is 0 Å². The smallest absolute Gasteiger partial charge is 0.0252 e. The van der Waals surface area contributed by atoms with Crippen molar-refractivity contribution < 1.29 is 0 Å². The zero-order valence-corrected chi connectivity index (χ0v) is 14.9. The molecule has 0 aromatic carbocycles. The van der Waals surface area contributed by atoms with Crippen LogP contribution in [0.3, 0.4) is 0 Å². The van der Waals surface area contributed by atoms with Crippen LogP contribution in [0.1, 0.15) is 72.6 Å². The first kappa shape index (κ1) is 17.3. The summed E-state index contributed by atoms with van der Waals surface area (Å²) in [6.45, 7) is 13.3. The molecule has 1 aliphatic heterocycles. The maximum atomic E-state index is 3.86. The van der Waals surface area contributed by atoms with E-state index in [9.17, 15) is 0 Å². The molecule has 2 rings (SSSR count). The predicted octanol–water partition coefficient (Wildman–Crippen LogP) is 4.30. The molecule has 1 N–H and O–H groups in total. The molecule has 21 heavy (non-hydrogen) atoms. The summed E-state index contributed by atoms with van der Waals surface area (Å²) in [6, 6.07) is 1.56. The van der Waals surface area contributed by atoms with Crippen LogP contribution in [-0.4, -0.2) is 36.6 Å². The van der Waals surface area contributed by atoms with Gasteiger partial charge in [0.05, 0.1) is 0 Å². The van der Waals surface area contributed by atoms with Crippen LogP contribution >= 0.6 is 0 Å². The first-order valence-corrected chi connectivity index (χ1v) is 9.63. The van der Waals surface area contributed by atoms with Gasteiger partial charge in [0.1, 0.15) is 0 Å². The molecule has 1 saturated carbocycles. The Morgan fingerprint density at radius 1 is 1.10 bits per heavy atom. The molecule has 0 bridgehead atoms. The molecule has 0 aromatic rings. The number of rotatable bonds is 7. The van der Waals surface area contributed by atoms with Crippen molar-refractivity contribution in [2.24, 2.45) is 17.8 Å². The summed E-state index contributed by atoms with van der Waals surface area (Å²) in [7, 11) is 0. The Bertz CT molecular complexity index is 289. The Labute approximate surface area is 133 Å². The number of hydrogen-bond donors (Lipinski definition) is 1. The van der Waals surface area contributed by atoms with Crippen molar-refractivity contribution in [3.05, 3.63) is 0 Å². The van der Waals surface area contributed by atoms with E-state index >= 15 is 0 Å². The third-order valence-electron chi connectivity index (χ3n) is 5.95. The number of nitrogens with zero attached hydrogens (tertiary/aromatic N) is 1. The average molecular weight is 295 g/mol. The van der Waals surface area contributed by atoms with Gasteiger partial charge >= 0.3 is 0 Å². The highest BCUT2D eigenvalue weighted by atomic mass is 15.2. The fourth-order valence-electron chi connectivity index (χ4n) is 4.53. The lowest BCUT2D eigenvalue weighted by molar-refractivity contribution is 0.109. The third kappa shape index (κ3) is 4.69. The molecule has 2 fully saturated rings. The van der Waals surface area contributed by atoms with E-state index in [-0.39, 0.29) is 0 Å². The Kier molecular flexibility index (Phi) is 7.01. The van der Waals surface area contributed by atoms with Gasteiger partial charge in [-0.05, 0) is 62.9 Å². The van der Waals surface area contributed by atoms with Gasteiger partial charge in [0.2, 0.25) is 0 Å². The minimum absolute atomic E-state index is 0.754. The quantitative estimate of drug-likeness (QED) is 0.753. The molecule has 1 heterocycles. The molecule has 0 aromatic heterocycles. The van der Waals surface area contributed by atoms with Crippen molar-refractivity contribution in [2.45, 2.75) is 84.7 Å². The molecule has 2 nitrogen and oxygen atoms in total. The van der Waals surface area contributed by atoms with Gasteiger partial charge in [0.15, 0.2) is 0 Å². The van der Waals surface area contributed by atoms with Crippen molar-refractivity contribution in [1.29, 1.82) is 0 Å². The van der Waals surface area contributed by atoms with Gasteiger partial charge in [0.25, 0.3) is 0 Å². The third-order valence-corrected chi connectivity index (χ3v) is 5.95. The lowest BCUT2D eigenvalue weighted by atomic mass is 9.79. The summed E-state index contributed by atoms with van der Waals surface area (Å²) in [4.78, 5) is 2.85. The highest BCUT2D eigenvalue weighted by Gasteiger charge is 2.37. The maximum Gasteiger partial charge on any atom is 0.0252 e. The van der Waals surface area contributed by atoms with E-state index in [1.54, 1.807) is 0 Å². The fourth-order valence-corrected chi connectivity index (χ4v) is 4.53. The number of nitrogens with one attached hydrogen (secondary N) is 1. The maximum absolute atomic E-state index is 3.86. The second kappa shape index (κ2) is 8.53. The molecule has 2 heteroatoms. The summed E-state index contributed by atoms with van der Waals surface area (Å²) in [5, 5.41) is 3.86. The lowest BCUT2D eigenvalue weighted by Crippen LogP contribution is -2.52. The zero-order valence-electron chi connectivity index (χ0n) is 14.9. The van der Waals surface area contributed by atoms with Gasteiger partial charge in [-0.3, -0.25) is 4.90 Å². The Balaban J connectivity index is 1.95. The van der Waals surface area contributed by atoms with E-state index < -0.39 is 0 Å². The van der Waals surface area contributed by atoms with Gasteiger partial charge in [0, 0.05) is 18.6 Å². The van der Waals surface area contributed by atoms with E-state index in [4.69, 9.17) is 0 Å².